The van der Waals surface area contributed by atoms with Crippen LogP contribution in [0.15, 0.2) is 12.1 Å². The van der Waals surface area contributed by atoms with E-state index in [-0.39, 0.29) is 12.1 Å². The number of rotatable bonds is 3. The molecule has 0 heterocycles. The van der Waals surface area contributed by atoms with Gasteiger partial charge >= 0.3 is 0 Å². The summed E-state index contributed by atoms with van der Waals surface area (Å²) in [4.78, 5) is 0. The van der Waals surface area contributed by atoms with Crippen LogP contribution < -0.4 is 5.32 Å². The predicted octanol–water partition coefficient (Wildman–Crippen LogP) is 1.89. The molecule has 1 unspecified atom stereocenters. The van der Waals surface area contributed by atoms with Crippen LogP contribution >= 0.6 is 0 Å². The summed E-state index contributed by atoms with van der Waals surface area (Å²) < 4.78 is 38.7. The molecule has 2 nitrogen and oxygen atoms in total. The number of hydrogen-bond donors (Lipinski definition) is 1. The van der Waals surface area contributed by atoms with Crippen molar-refractivity contribution in [1.82, 2.24) is 5.32 Å². The third kappa shape index (κ3) is 2.53. The fraction of sp³-hybridized carbons (Fsp3) is 0.182. The van der Waals surface area contributed by atoms with E-state index in [1.165, 1.54) is 0 Å². The summed E-state index contributed by atoms with van der Waals surface area (Å²) in [5, 5.41) is 11.2. The Morgan fingerprint density at radius 1 is 1.25 bits per heavy atom. The average molecular weight is 224 g/mol. The van der Waals surface area contributed by atoms with Crippen LogP contribution in [0.4, 0.5) is 13.2 Å². The minimum atomic E-state index is -1.30. The zero-order chi connectivity index (χ0) is 12.1. The molecule has 16 heavy (non-hydrogen) atoms. The summed E-state index contributed by atoms with van der Waals surface area (Å²) in [7, 11) is 0. The van der Waals surface area contributed by atoms with Crippen molar-refractivity contribution in [3.8, 4) is 18.4 Å². The van der Waals surface area contributed by atoms with Gasteiger partial charge in [0.25, 0.3) is 0 Å². The highest BCUT2D eigenvalue weighted by molar-refractivity contribution is 5.27. The first-order chi connectivity index (χ1) is 7.60. The summed E-state index contributed by atoms with van der Waals surface area (Å²) in [5.41, 5.74) is -0.267. The molecule has 0 aromatic heterocycles. The molecular formula is C11H7F3N2. The van der Waals surface area contributed by atoms with Crippen molar-refractivity contribution >= 4 is 0 Å². The summed E-state index contributed by atoms with van der Waals surface area (Å²) in [6.45, 7) is 0.0245. The van der Waals surface area contributed by atoms with Crippen LogP contribution in [0.1, 0.15) is 11.6 Å². The van der Waals surface area contributed by atoms with Crippen molar-refractivity contribution in [1.29, 1.82) is 5.26 Å². The lowest BCUT2D eigenvalue weighted by Gasteiger charge is -2.10. The van der Waals surface area contributed by atoms with Gasteiger partial charge < -0.3 is 0 Å². The van der Waals surface area contributed by atoms with E-state index in [0.717, 1.165) is 0 Å². The Bertz CT molecular complexity index is 471. The Morgan fingerprint density at radius 2 is 1.88 bits per heavy atom. The van der Waals surface area contributed by atoms with Gasteiger partial charge in [0.2, 0.25) is 0 Å². The van der Waals surface area contributed by atoms with Gasteiger partial charge in [-0.2, -0.15) is 5.26 Å². The summed E-state index contributed by atoms with van der Waals surface area (Å²) in [6.07, 6.45) is 4.95. The van der Waals surface area contributed by atoms with Crippen LogP contribution in [0.5, 0.6) is 0 Å². The summed E-state index contributed by atoms with van der Waals surface area (Å²) in [5.74, 6) is -1.30. The van der Waals surface area contributed by atoms with Gasteiger partial charge in [-0.25, -0.2) is 13.2 Å². The molecule has 82 valence electrons. The Labute approximate surface area is 90.7 Å². The Balaban J connectivity index is 3.07. The number of benzene rings is 1. The zero-order valence-corrected chi connectivity index (χ0v) is 8.10. The van der Waals surface area contributed by atoms with Crippen molar-refractivity contribution in [2.75, 3.05) is 6.54 Å². The molecule has 0 amide bonds. The van der Waals surface area contributed by atoms with Gasteiger partial charge in [0.1, 0.15) is 11.9 Å². The third-order valence-electron chi connectivity index (χ3n) is 1.89. The number of nitrogens with zero attached hydrogens (tertiary/aromatic N) is 1. The van der Waals surface area contributed by atoms with Crippen LogP contribution in [-0.4, -0.2) is 6.54 Å². The SMILES string of the molecule is C#CCNC(C#N)c1cc(F)c(F)cc1F. The number of hydrogen-bond acceptors (Lipinski definition) is 2. The molecule has 0 saturated carbocycles. The highest BCUT2D eigenvalue weighted by atomic mass is 19.2. The number of nitrogens with one attached hydrogen (secondary N) is 1. The van der Waals surface area contributed by atoms with Crippen LogP contribution in [0.3, 0.4) is 0 Å². The normalized spacial score (nSPS) is 11.6. The van der Waals surface area contributed by atoms with Crippen molar-refractivity contribution in [3.05, 3.63) is 35.1 Å². The van der Waals surface area contributed by atoms with E-state index in [0.29, 0.717) is 12.1 Å². The first-order valence-corrected chi connectivity index (χ1v) is 4.31. The second kappa shape index (κ2) is 5.20. The van der Waals surface area contributed by atoms with Crippen LogP contribution in [0.25, 0.3) is 0 Å². The standard InChI is InChI=1S/C11H7F3N2/c1-2-3-16-11(6-15)7-4-9(13)10(14)5-8(7)12/h1,4-5,11,16H,3H2. The molecule has 0 bridgehead atoms. The fourth-order valence-corrected chi connectivity index (χ4v) is 1.15. The number of terminal acetylenes is 1. The third-order valence-corrected chi connectivity index (χ3v) is 1.89. The maximum absolute atomic E-state index is 13.2. The first-order valence-electron chi connectivity index (χ1n) is 4.31. The van der Waals surface area contributed by atoms with Crippen molar-refractivity contribution < 1.29 is 13.2 Å². The van der Waals surface area contributed by atoms with E-state index in [9.17, 15) is 13.2 Å². The largest absolute Gasteiger partial charge is 0.287 e. The molecule has 1 aromatic rings. The van der Waals surface area contributed by atoms with E-state index < -0.39 is 23.5 Å². The molecule has 0 aliphatic heterocycles. The first kappa shape index (κ1) is 12.1. The molecule has 1 atom stereocenters. The molecule has 0 fully saturated rings. The monoisotopic (exact) mass is 224 g/mol. The summed E-state index contributed by atoms with van der Waals surface area (Å²) >= 11 is 0. The van der Waals surface area contributed by atoms with E-state index in [1.54, 1.807) is 6.07 Å². The molecule has 0 radical (unpaired) electrons. The molecule has 1 rings (SSSR count). The van der Waals surface area contributed by atoms with Crippen molar-refractivity contribution in [2.24, 2.45) is 0 Å². The Hall–Kier alpha value is -1.98. The smallest absolute Gasteiger partial charge is 0.161 e. The number of nitriles is 1. The van der Waals surface area contributed by atoms with E-state index >= 15 is 0 Å². The Kier molecular flexibility index (Phi) is 3.93. The van der Waals surface area contributed by atoms with Crippen LogP contribution in [0.2, 0.25) is 0 Å². The van der Waals surface area contributed by atoms with E-state index in [1.807, 2.05) is 0 Å². The average Bonchev–Trinajstić information content (AvgIpc) is 2.26. The maximum Gasteiger partial charge on any atom is 0.161 e. The minimum Gasteiger partial charge on any atom is -0.287 e. The van der Waals surface area contributed by atoms with Crippen molar-refractivity contribution in [2.45, 2.75) is 6.04 Å². The maximum atomic E-state index is 13.2. The van der Waals surface area contributed by atoms with Gasteiger partial charge in [-0.1, -0.05) is 5.92 Å². The fourth-order valence-electron chi connectivity index (χ4n) is 1.15. The number of halogens is 3. The molecule has 0 aliphatic rings. The second-order valence-electron chi connectivity index (χ2n) is 2.93. The van der Waals surface area contributed by atoms with E-state index in [2.05, 4.69) is 11.2 Å². The highest BCUT2D eigenvalue weighted by Crippen LogP contribution is 2.19. The quantitative estimate of drug-likeness (QED) is 0.628. The van der Waals surface area contributed by atoms with Gasteiger partial charge in [-0.15, -0.1) is 6.42 Å². The van der Waals surface area contributed by atoms with Crippen LogP contribution in [-0.2, 0) is 0 Å². The molecule has 5 heteroatoms. The van der Waals surface area contributed by atoms with Gasteiger partial charge in [0, 0.05) is 11.6 Å². The van der Waals surface area contributed by atoms with Crippen LogP contribution in [0, 0.1) is 41.1 Å². The zero-order valence-electron chi connectivity index (χ0n) is 8.10. The minimum absolute atomic E-state index is 0.0245. The molecule has 0 saturated heterocycles. The van der Waals surface area contributed by atoms with Crippen molar-refractivity contribution in [3.63, 3.8) is 0 Å². The molecule has 0 spiro atoms. The summed E-state index contributed by atoms with van der Waals surface area (Å²) in [6, 6.07) is 1.64. The second-order valence-corrected chi connectivity index (χ2v) is 2.93. The molecule has 1 aromatic carbocycles. The lowest BCUT2D eigenvalue weighted by molar-refractivity contribution is 0.484. The van der Waals surface area contributed by atoms with Gasteiger partial charge in [-0.3, -0.25) is 5.32 Å². The van der Waals surface area contributed by atoms with Gasteiger partial charge in [-0.05, 0) is 6.07 Å². The topological polar surface area (TPSA) is 35.8 Å². The molecule has 0 aliphatic carbocycles. The molecular weight excluding hydrogens is 217 g/mol. The predicted molar refractivity (Wildman–Crippen MR) is 51.5 cm³/mol. The lowest BCUT2D eigenvalue weighted by atomic mass is 10.1. The molecule has 1 N–H and O–H groups in total. The Morgan fingerprint density at radius 3 is 2.44 bits per heavy atom. The van der Waals surface area contributed by atoms with Gasteiger partial charge in [0.15, 0.2) is 11.6 Å². The highest BCUT2D eigenvalue weighted by Gasteiger charge is 2.17. The lowest BCUT2D eigenvalue weighted by Crippen LogP contribution is -2.21. The van der Waals surface area contributed by atoms with E-state index in [4.69, 9.17) is 11.7 Å². The van der Waals surface area contributed by atoms with Gasteiger partial charge in [0.05, 0.1) is 12.6 Å².